The van der Waals surface area contributed by atoms with Gasteiger partial charge in [-0.05, 0) is 30.0 Å². The molecule has 2 atom stereocenters. The Balaban J connectivity index is 2.04. The molecule has 0 fully saturated rings. The number of fused-ring (bicyclic) bond motifs is 1. The first-order valence-corrected chi connectivity index (χ1v) is 7.41. The summed E-state index contributed by atoms with van der Waals surface area (Å²) < 4.78 is 0. The van der Waals surface area contributed by atoms with E-state index in [1.165, 1.54) is 16.8 Å². The Bertz CT molecular complexity index is 612. The first-order chi connectivity index (χ1) is 10.2. The van der Waals surface area contributed by atoms with Crippen molar-refractivity contribution in [3.05, 3.63) is 65.2 Å². The van der Waals surface area contributed by atoms with Crippen LogP contribution in [0.2, 0.25) is 0 Å². The Morgan fingerprint density at radius 3 is 2.57 bits per heavy atom. The van der Waals surface area contributed by atoms with Gasteiger partial charge in [0.2, 0.25) is 0 Å². The molecule has 0 saturated heterocycles. The van der Waals surface area contributed by atoms with Crippen LogP contribution in [0.4, 0.5) is 5.69 Å². The molecular weight excluding hydrogens is 262 g/mol. The highest BCUT2D eigenvalue weighted by Gasteiger charge is 2.32. The average Bonchev–Trinajstić information content (AvgIpc) is 2.94. The lowest BCUT2D eigenvalue weighted by molar-refractivity contribution is 0.0717. The van der Waals surface area contributed by atoms with Gasteiger partial charge in [-0.25, -0.2) is 0 Å². The SMILES string of the molecule is Cc1cccc2c1N([C@@H](c1ccccc1)[C@H](O)CO)CC2. The molecule has 0 unspecified atom stereocenters. The molecule has 0 bridgehead atoms. The number of para-hydroxylation sites is 1. The van der Waals surface area contributed by atoms with E-state index >= 15 is 0 Å². The van der Waals surface area contributed by atoms with Crippen LogP contribution < -0.4 is 4.90 Å². The first kappa shape index (κ1) is 14.1. The number of benzene rings is 2. The standard InChI is InChI=1S/C18H21NO2/c1-13-6-5-9-15-10-11-19(17(13)15)18(16(21)12-20)14-7-3-2-4-8-14/h2-9,16,18,20-21H,10-12H2,1H3/t16-,18+/m1/s1. The van der Waals surface area contributed by atoms with Crippen LogP contribution in [0.1, 0.15) is 22.7 Å². The molecule has 1 heterocycles. The van der Waals surface area contributed by atoms with Gasteiger partial charge in [-0.1, -0.05) is 48.5 Å². The van der Waals surface area contributed by atoms with Gasteiger partial charge in [0.25, 0.3) is 0 Å². The Labute approximate surface area is 125 Å². The summed E-state index contributed by atoms with van der Waals surface area (Å²) >= 11 is 0. The minimum atomic E-state index is -0.794. The molecule has 2 aromatic carbocycles. The van der Waals surface area contributed by atoms with Gasteiger partial charge in [0, 0.05) is 12.2 Å². The number of aliphatic hydroxyl groups excluding tert-OH is 2. The monoisotopic (exact) mass is 283 g/mol. The predicted molar refractivity (Wildman–Crippen MR) is 84.5 cm³/mol. The van der Waals surface area contributed by atoms with Gasteiger partial charge >= 0.3 is 0 Å². The van der Waals surface area contributed by atoms with Crippen LogP contribution in [0, 0.1) is 6.92 Å². The maximum Gasteiger partial charge on any atom is 0.101 e. The van der Waals surface area contributed by atoms with Gasteiger partial charge < -0.3 is 15.1 Å². The zero-order valence-electron chi connectivity index (χ0n) is 12.2. The molecule has 0 amide bonds. The molecule has 2 N–H and O–H groups in total. The molecule has 0 radical (unpaired) electrons. The topological polar surface area (TPSA) is 43.7 Å². The Kier molecular flexibility index (Phi) is 3.95. The van der Waals surface area contributed by atoms with Crippen molar-refractivity contribution in [3.8, 4) is 0 Å². The number of aryl methyl sites for hydroxylation is 1. The van der Waals surface area contributed by atoms with Gasteiger partial charge in [0.1, 0.15) is 6.10 Å². The summed E-state index contributed by atoms with van der Waals surface area (Å²) in [5.41, 5.74) is 4.78. The van der Waals surface area contributed by atoms with E-state index in [0.29, 0.717) is 0 Å². The molecule has 0 spiro atoms. The molecule has 3 heteroatoms. The third kappa shape index (κ3) is 2.55. The van der Waals surface area contributed by atoms with Crippen molar-refractivity contribution in [1.82, 2.24) is 0 Å². The third-order valence-corrected chi connectivity index (χ3v) is 4.26. The van der Waals surface area contributed by atoms with Crippen LogP contribution in [0.25, 0.3) is 0 Å². The summed E-state index contributed by atoms with van der Waals surface area (Å²) in [6.45, 7) is 2.73. The van der Waals surface area contributed by atoms with Crippen LogP contribution in [-0.2, 0) is 6.42 Å². The smallest absolute Gasteiger partial charge is 0.101 e. The van der Waals surface area contributed by atoms with Gasteiger partial charge in [-0.2, -0.15) is 0 Å². The average molecular weight is 283 g/mol. The van der Waals surface area contributed by atoms with E-state index < -0.39 is 6.10 Å². The van der Waals surface area contributed by atoms with Gasteiger partial charge in [-0.3, -0.25) is 0 Å². The molecule has 21 heavy (non-hydrogen) atoms. The Hall–Kier alpha value is -1.84. The molecule has 1 aliphatic heterocycles. The maximum absolute atomic E-state index is 10.4. The predicted octanol–water partition coefficient (Wildman–Crippen LogP) is 2.45. The Morgan fingerprint density at radius 1 is 1.10 bits per heavy atom. The van der Waals surface area contributed by atoms with Crippen LogP contribution >= 0.6 is 0 Å². The highest BCUT2D eigenvalue weighted by molar-refractivity contribution is 5.64. The molecule has 2 aromatic rings. The highest BCUT2D eigenvalue weighted by Crippen LogP contribution is 2.38. The second-order valence-electron chi connectivity index (χ2n) is 5.63. The van der Waals surface area contributed by atoms with Crippen LogP contribution in [0.5, 0.6) is 0 Å². The van der Waals surface area contributed by atoms with Crippen molar-refractivity contribution in [1.29, 1.82) is 0 Å². The van der Waals surface area contributed by atoms with E-state index in [9.17, 15) is 10.2 Å². The van der Waals surface area contributed by atoms with E-state index in [2.05, 4.69) is 30.0 Å². The number of hydrogen-bond acceptors (Lipinski definition) is 3. The van der Waals surface area contributed by atoms with Crippen LogP contribution in [0.3, 0.4) is 0 Å². The minimum absolute atomic E-state index is 0.210. The maximum atomic E-state index is 10.4. The second-order valence-corrected chi connectivity index (χ2v) is 5.63. The highest BCUT2D eigenvalue weighted by atomic mass is 16.3. The lowest BCUT2D eigenvalue weighted by Crippen LogP contribution is -2.37. The zero-order chi connectivity index (χ0) is 14.8. The molecule has 110 valence electrons. The molecule has 3 rings (SSSR count). The molecule has 0 aliphatic carbocycles. The lowest BCUT2D eigenvalue weighted by atomic mass is 9.99. The number of aliphatic hydroxyl groups is 2. The summed E-state index contributed by atoms with van der Waals surface area (Å²) in [7, 11) is 0. The number of anilines is 1. The van der Waals surface area contributed by atoms with Gasteiger partial charge in [0.05, 0.1) is 12.6 Å². The lowest BCUT2D eigenvalue weighted by Gasteiger charge is -2.34. The van der Waals surface area contributed by atoms with E-state index in [0.717, 1.165) is 18.5 Å². The molecule has 3 nitrogen and oxygen atoms in total. The van der Waals surface area contributed by atoms with E-state index in [1.807, 2.05) is 30.3 Å². The van der Waals surface area contributed by atoms with Crippen molar-refractivity contribution in [2.75, 3.05) is 18.1 Å². The Morgan fingerprint density at radius 2 is 1.86 bits per heavy atom. The van der Waals surface area contributed by atoms with Crippen LogP contribution in [0.15, 0.2) is 48.5 Å². The third-order valence-electron chi connectivity index (χ3n) is 4.26. The van der Waals surface area contributed by atoms with Crippen molar-refractivity contribution >= 4 is 5.69 Å². The summed E-state index contributed by atoms with van der Waals surface area (Å²) in [6.07, 6.45) is 0.191. The van der Waals surface area contributed by atoms with E-state index in [-0.39, 0.29) is 12.6 Å². The fourth-order valence-corrected chi connectivity index (χ4v) is 3.32. The molecular formula is C18H21NO2. The van der Waals surface area contributed by atoms with E-state index in [4.69, 9.17) is 0 Å². The molecule has 1 aliphatic rings. The van der Waals surface area contributed by atoms with Crippen LogP contribution in [-0.4, -0.2) is 29.5 Å². The van der Waals surface area contributed by atoms with Gasteiger partial charge in [0.15, 0.2) is 0 Å². The minimum Gasteiger partial charge on any atom is -0.394 e. The number of nitrogens with zero attached hydrogens (tertiary/aromatic N) is 1. The molecule has 0 aromatic heterocycles. The second kappa shape index (κ2) is 5.88. The summed E-state index contributed by atoms with van der Waals surface area (Å²) in [5, 5.41) is 19.8. The van der Waals surface area contributed by atoms with Crippen molar-refractivity contribution in [2.45, 2.75) is 25.5 Å². The fourth-order valence-electron chi connectivity index (χ4n) is 3.32. The molecule has 0 saturated carbocycles. The van der Waals surface area contributed by atoms with Crippen molar-refractivity contribution < 1.29 is 10.2 Å². The van der Waals surface area contributed by atoms with Crippen molar-refractivity contribution in [3.63, 3.8) is 0 Å². The van der Waals surface area contributed by atoms with E-state index in [1.54, 1.807) is 0 Å². The fraction of sp³-hybridized carbons (Fsp3) is 0.333. The quantitative estimate of drug-likeness (QED) is 0.906. The summed E-state index contributed by atoms with van der Waals surface area (Å²) in [4.78, 5) is 2.24. The summed E-state index contributed by atoms with van der Waals surface area (Å²) in [6, 6.07) is 16.1. The van der Waals surface area contributed by atoms with Crippen molar-refractivity contribution in [2.24, 2.45) is 0 Å². The number of rotatable bonds is 4. The zero-order valence-corrected chi connectivity index (χ0v) is 12.2. The van der Waals surface area contributed by atoms with Gasteiger partial charge in [-0.15, -0.1) is 0 Å². The number of hydrogen-bond donors (Lipinski definition) is 2. The summed E-state index contributed by atoms with van der Waals surface area (Å²) in [5.74, 6) is 0. The first-order valence-electron chi connectivity index (χ1n) is 7.41. The largest absolute Gasteiger partial charge is 0.394 e. The normalized spacial score (nSPS) is 16.6.